The lowest BCUT2D eigenvalue weighted by molar-refractivity contribution is -0.915. The maximum absolute atomic E-state index is 13.0. The lowest BCUT2D eigenvalue weighted by Crippen LogP contribution is -3.19. The maximum atomic E-state index is 13.0. The number of Topliss-reactive ketones (excluding diaryl/α,β-unsaturated/α-hetero) is 1. The number of imide groups is 1. The molecule has 1 aromatic heterocycles. The standard InChI is InChI=1S/C20H21N5O3/c1-14(26)15-3-5-16(6-4-15)25-18(27)13-17(19(25)28)23-9-11-24(12-10-23)20-21-7-2-8-22-20/h2-8,17H,9-13H2,1H3/p+1/t17-/m1/s1. The summed E-state index contributed by atoms with van der Waals surface area (Å²) in [4.78, 5) is 50.0. The van der Waals surface area contributed by atoms with Crippen LogP contribution in [0.3, 0.4) is 0 Å². The van der Waals surface area contributed by atoms with Gasteiger partial charge in [0.15, 0.2) is 11.8 Å². The van der Waals surface area contributed by atoms with Crippen molar-refractivity contribution < 1.29 is 19.3 Å². The van der Waals surface area contributed by atoms with Gasteiger partial charge in [0.2, 0.25) is 11.9 Å². The molecule has 0 radical (unpaired) electrons. The van der Waals surface area contributed by atoms with E-state index in [2.05, 4.69) is 14.9 Å². The number of quaternary nitrogens is 1. The van der Waals surface area contributed by atoms with Crippen LogP contribution in [0.4, 0.5) is 11.6 Å². The lowest BCUT2D eigenvalue weighted by atomic mass is 10.1. The smallest absolute Gasteiger partial charge is 0.292 e. The van der Waals surface area contributed by atoms with Crippen molar-refractivity contribution in [3.05, 3.63) is 48.3 Å². The number of ketones is 1. The van der Waals surface area contributed by atoms with Gasteiger partial charge in [0.25, 0.3) is 5.91 Å². The van der Waals surface area contributed by atoms with E-state index in [-0.39, 0.29) is 30.1 Å². The van der Waals surface area contributed by atoms with Crippen LogP contribution >= 0.6 is 0 Å². The molecule has 2 amide bonds. The molecule has 0 spiro atoms. The molecule has 0 unspecified atom stereocenters. The summed E-state index contributed by atoms with van der Waals surface area (Å²) >= 11 is 0. The van der Waals surface area contributed by atoms with E-state index in [1.54, 1.807) is 42.7 Å². The second-order valence-electron chi connectivity index (χ2n) is 7.12. The molecule has 2 fully saturated rings. The van der Waals surface area contributed by atoms with E-state index in [9.17, 15) is 14.4 Å². The van der Waals surface area contributed by atoms with Crippen LogP contribution in [0.15, 0.2) is 42.7 Å². The SMILES string of the molecule is CC(=O)c1ccc(N2C(=O)C[C@@H]([NH+]3CCN(c4ncccn4)CC3)C2=O)cc1. The number of carbonyl (C=O) groups excluding carboxylic acids is 3. The predicted molar refractivity (Wildman–Crippen MR) is 102 cm³/mol. The molecular weight excluding hydrogens is 358 g/mol. The number of nitrogens with zero attached hydrogens (tertiary/aromatic N) is 4. The molecule has 8 heteroatoms. The number of hydrogen-bond acceptors (Lipinski definition) is 6. The number of anilines is 2. The van der Waals surface area contributed by atoms with Crippen LogP contribution in [0.5, 0.6) is 0 Å². The highest BCUT2D eigenvalue weighted by atomic mass is 16.2. The average Bonchev–Trinajstić information content (AvgIpc) is 3.03. The van der Waals surface area contributed by atoms with Gasteiger partial charge < -0.3 is 9.80 Å². The first kappa shape index (κ1) is 18.2. The molecule has 144 valence electrons. The summed E-state index contributed by atoms with van der Waals surface area (Å²) in [7, 11) is 0. The Morgan fingerprint density at radius 2 is 1.71 bits per heavy atom. The molecule has 0 bridgehead atoms. The number of nitrogens with one attached hydrogen (secondary N) is 1. The maximum Gasteiger partial charge on any atom is 0.292 e. The Kier molecular flexibility index (Phi) is 4.87. The average molecular weight is 380 g/mol. The zero-order valence-corrected chi connectivity index (χ0v) is 15.7. The molecule has 0 saturated carbocycles. The molecule has 1 N–H and O–H groups in total. The minimum Gasteiger partial charge on any atom is -0.330 e. The summed E-state index contributed by atoms with van der Waals surface area (Å²) in [6.45, 7) is 4.47. The molecule has 2 aromatic rings. The first-order chi connectivity index (χ1) is 13.5. The van der Waals surface area contributed by atoms with Crippen molar-refractivity contribution in [2.75, 3.05) is 36.0 Å². The van der Waals surface area contributed by atoms with Crippen LogP contribution < -0.4 is 14.7 Å². The van der Waals surface area contributed by atoms with Gasteiger partial charge in [-0.2, -0.15) is 0 Å². The highest BCUT2D eigenvalue weighted by molar-refractivity contribution is 6.22. The predicted octanol–water partition coefficient (Wildman–Crippen LogP) is -0.284. The van der Waals surface area contributed by atoms with Gasteiger partial charge in [-0.1, -0.05) is 0 Å². The van der Waals surface area contributed by atoms with Crippen LogP contribution in [-0.4, -0.2) is 59.8 Å². The second kappa shape index (κ2) is 7.47. The topological polar surface area (TPSA) is 87.9 Å². The second-order valence-corrected chi connectivity index (χ2v) is 7.12. The molecule has 1 atom stereocenters. The monoisotopic (exact) mass is 380 g/mol. The Labute approximate surface area is 162 Å². The summed E-state index contributed by atoms with van der Waals surface area (Å²) in [5.41, 5.74) is 1.09. The van der Waals surface area contributed by atoms with E-state index in [1.165, 1.54) is 11.8 Å². The first-order valence-electron chi connectivity index (χ1n) is 9.39. The third-order valence-corrected chi connectivity index (χ3v) is 5.41. The van der Waals surface area contributed by atoms with E-state index in [0.29, 0.717) is 17.2 Å². The lowest BCUT2D eigenvalue weighted by Gasteiger charge is -2.34. The highest BCUT2D eigenvalue weighted by Crippen LogP contribution is 2.22. The van der Waals surface area contributed by atoms with E-state index in [1.807, 2.05) is 0 Å². The van der Waals surface area contributed by atoms with Crippen LogP contribution in [0.2, 0.25) is 0 Å². The fourth-order valence-electron chi connectivity index (χ4n) is 3.86. The van der Waals surface area contributed by atoms with Gasteiger partial charge in [-0.25, -0.2) is 14.9 Å². The summed E-state index contributed by atoms with van der Waals surface area (Å²) in [5.74, 6) is 0.294. The molecule has 2 aliphatic rings. The number of benzene rings is 1. The van der Waals surface area contributed by atoms with E-state index < -0.39 is 0 Å². The van der Waals surface area contributed by atoms with Crippen molar-refractivity contribution >= 4 is 29.2 Å². The molecule has 3 heterocycles. The van der Waals surface area contributed by atoms with Crippen molar-refractivity contribution in [3.63, 3.8) is 0 Å². The summed E-state index contributed by atoms with van der Waals surface area (Å²) in [6, 6.07) is 8.04. The van der Waals surface area contributed by atoms with Gasteiger partial charge in [-0.05, 0) is 37.3 Å². The number of hydrogen-bond donors (Lipinski definition) is 1. The Hall–Kier alpha value is -3.13. The van der Waals surface area contributed by atoms with Gasteiger partial charge >= 0.3 is 0 Å². The van der Waals surface area contributed by atoms with Gasteiger partial charge in [0.05, 0.1) is 38.3 Å². The molecule has 0 aliphatic carbocycles. The van der Waals surface area contributed by atoms with Crippen molar-refractivity contribution in [2.24, 2.45) is 0 Å². The largest absolute Gasteiger partial charge is 0.330 e. The van der Waals surface area contributed by atoms with Crippen LogP contribution in [0.1, 0.15) is 23.7 Å². The minimum absolute atomic E-state index is 0.0480. The number of aromatic nitrogens is 2. The Balaban J connectivity index is 1.44. The molecule has 8 nitrogen and oxygen atoms in total. The zero-order chi connectivity index (χ0) is 19.7. The summed E-state index contributed by atoms with van der Waals surface area (Å²) in [5, 5.41) is 0. The Morgan fingerprint density at radius 1 is 1.07 bits per heavy atom. The van der Waals surface area contributed by atoms with Crippen LogP contribution in [0.25, 0.3) is 0 Å². The van der Waals surface area contributed by atoms with Crippen LogP contribution in [0, 0.1) is 0 Å². The summed E-state index contributed by atoms with van der Waals surface area (Å²) in [6.07, 6.45) is 3.65. The number of piperazine rings is 1. The van der Waals surface area contributed by atoms with Gasteiger partial charge in [-0.3, -0.25) is 14.4 Å². The van der Waals surface area contributed by atoms with E-state index >= 15 is 0 Å². The third-order valence-electron chi connectivity index (χ3n) is 5.41. The fraction of sp³-hybridized carbons (Fsp3) is 0.350. The van der Waals surface area contributed by atoms with E-state index in [0.717, 1.165) is 31.1 Å². The molecule has 1 aromatic carbocycles. The zero-order valence-electron chi connectivity index (χ0n) is 15.7. The number of rotatable bonds is 4. The molecule has 28 heavy (non-hydrogen) atoms. The third kappa shape index (κ3) is 3.38. The Morgan fingerprint density at radius 3 is 2.32 bits per heavy atom. The van der Waals surface area contributed by atoms with Gasteiger partial charge in [0, 0.05) is 18.0 Å². The van der Waals surface area contributed by atoms with Crippen molar-refractivity contribution in [2.45, 2.75) is 19.4 Å². The molecule has 4 rings (SSSR count). The number of amides is 2. The summed E-state index contributed by atoms with van der Waals surface area (Å²) < 4.78 is 0. The molecular formula is C20H22N5O3+. The van der Waals surface area contributed by atoms with E-state index in [4.69, 9.17) is 0 Å². The minimum atomic E-state index is -0.362. The van der Waals surface area contributed by atoms with Crippen molar-refractivity contribution in [1.29, 1.82) is 0 Å². The molecule has 2 aliphatic heterocycles. The highest BCUT2D eigenvalue weighted by Gasteiger charge is 2.46. The quantitative estimate of drug-likeness (QED) is 0.580. The van der Waals surface area contributed by atoms with Crippen molar-refractivity contribution in [3.8, 4) is 0 Å². The van der Waals surface area contributed by atoms with Crippen LogP contribution in [-0.2, 0) is 9.59 Å². The van der Waals surface area contributed by atoms with Gasteiger partial charge in [0.1, 0.15) is 0 Å². The fourth-order valence-corrected chi connectivity index (χ4v) is 3.86. The number of carbonyl (C=O) groups is 3. The molecule has 2 saturated heterocycles. The Bertz CT molecular complexity index is 892. The van der Waals surface area contributed by atoms with Crippen molar-refractivity contribution in [1.82, 2.24) is 9.97 Å². The first-order valence-corrected chi connectivity index (χ1v) is 9.39. The normalized spacial score (nSPS) is 20.7. The van der Waals surface area contributed by atoms with Gasteiger partial charge in [-0.15, -0.1) is 0 Å².